The lowest BCUT2D eigenvalue weighted by Gasteiger charge is -2.01. The zero-order chi connectivity index (χ0) is 8.27. The molecule has 0 radical (unpaired) electrons. The van der Waals surface area contributed by atoms with Crippen molar-refractivity contribution < 1.29 is 9.57 Å². The lowest BCUT2D eigenvalue weighted by molar-refractivity contribution is 0.120. The Morgan fingerprint density at radius 2 is 2.27 bits per heavy atom. The van der Waals surface area contributed by atoms with Crippen LogP contribution in [-0.4, -0.2) is 24.2 Å². The van der Waals surface area contributed by atoms with Crippen LogP contribution in [0.4, 0.5) is 0 Å². The highest BCUT2D eigenvalue weighted by Crippen LogP contribution is 1.99. The average Bonchev–Trinajstić information content (AvgIpc) is 2.04. The van der Waals surface area contributed by atoms with Gasteiger partial charge in [0, 0.05) is 0 Å². The minimum absolute atomic E-state index is 0.355. The molecule has 1 aromatic rings. The van der Waals surface area contributed by atoms with E-state index in [1.54, 1.807) is 0 Å². The summed E-state index contributed by atoms with van der Waals surface area (Å²) in [6.07, 6.45) is 1.39. The first-order valence-electron chi connectivity index (χ1n) is 2.96. The third kappa shape index (κ3) is 1.49. The molecule has 0 atom stereocenters. The highest BCUT2D eigenvalue weighted by Gasteiger charge is 1.97. The number of hydrogen-bond donors (Lipinski definition) is 0. The number of methoxy groups -OCH3 is 1. The number of aromatic nitrogens is 2. The third-order valence-electron chi connectivity index (χ3n) is 1.15. The third-order valence-corrected chi connectivity index (χ3v) is 1.15. The van der Waals surface area contributed by atoms with E-state index >= 15 is 0 Å². The van der Waals surface area contributed by atoms with Crippen LogP contribution in [0.25, 0.3) is 0 Å². The molecule has 0 amide bonds. The summed E-state index contributed by atoms with van der Waals surface area (Å²) in [5, 5.41) is 3.62. The van der Waals surface area contributed by atoms with Crippen molar-refractivity contribution in [1.29, 1.82) is 0 Å². The monoisotopic (exact) mass is 156 g/mol. The molecule has 0 aliphatic carbocycles. The second kappa shape index (κ2) is 3.05. The Morgan fingerprint density at radius 1 is 1.55 bits per heavy atom. The molecule has 11 heavy (non-hydrogen) atoms. The van der Waals surface area contributed by atoms with Crippen LogP contribution >= 0.6 is 0 Å². The molecule has 0 saturated heterocycles. The van der Waals surface area contributed by atoms with Gasteiger partial charge in [-0.05, 0) is 0 Å². The normalized spacial score (nSPS) is 9.27. The van der Waals surface area contributed by atoms with Gasteiger partial charge in [0.1, 0.15) is 12.9 Å². The minimum atomic E-state index is -0.355. The highest BCUT2D eigenvalue weighted by atomic mass is 16.7. The van der Waals surface area contributed by atoms with Gasteiger partial charge in [-0.15, -0.1) is 5.10 Å². The van der Waals surface area contributed by atoms with Crippen molar-refractivity contribution in [3.63, 3.8) is 0 Å². The molecule has 1 rings (SSSR count). The van der Waals surface area contributed by atoms with Gasteiger partial charge in [-0.2, -0.15) is 0 Å². The van der Waals surface area contributed by atoms with Crippen molar-refractivity contribution in [1.82, 2.24) is 9.94 Å². The predicted molar refractivity (Wildman–Crippen MR) is 37.6 cm³/mol. The van der Waals surface area contributed by atoms with Gasteiger partial charge in [0.15, 0.2) is 0 Å². The van der Waals surface area contributed by atoms with Crippen LogP contribution in [0.3, 0.4) is 0 Å². The summed E-state index contributed by atoms with van der Waals surface area (Å²) in [7, 11) is 2.83. The molecule has 5 heteroatoms. The first-order valence-corrected chi connectivity index (χ1v) is 2.96. The maximum absolute atomic E-state index is 10.9. The van der Waals surface area contributed by atoms with Crippen LogP contribution in [0.2, 0.25) is 0 Å². The van der Waals surface area contributed by atoms with Crippen molar-refractivity contribution in [2.45, 2.75) is 0 Å². The molecule has 0 aromatic carbocycles. The minimum Gasteiger partial charge on any atom is -0.495 e. The predicted octanol–water partition coefficient (Wildman–Crippen LogP) is -0.690. The van der Waals surface area contributed by atoms with E-state index in [2.05, 4.69) is 9.94 Å². The molecule has 0 bridgehead atoms. The van der Waals surface area contributed by atoms with Crippen molar-refractivity contribution in [2.75, 3.05) is 14.2 Å². The van der Waals surface area contributed by atoms with E-state index in [-0.39, 0.29) is 5.56 Å². The molecule has 5 nitrogen and oxygen atoms in total. The molecular formula is C6H8N2O3. The zero-order valence-corrected chi connectivity index (χ0v) is 6.27. The van der Waals surface area contributed by atoms with E-state index in [1.165, 1.54) is 26.5 Å². The quantitative estimate of drug-likeness (QED) is 0.568. The summed E-state index contributed by atoms with van der Waals surface area (Å²) in [5.41, 5.74) is -0.355. The van der Waals surface area contributed by atoms with E-state index in [1.807, 2.05) is 0 Å². The van der Waals surface area contributed by atoms with Crippen molar-refractivity contribution in [3.05, 3.63) is 22.6 Å². The molecule has 0 unspecified atom stereocenters. The Kier molecular flexibility index (Phi) is 2.10. The van der Waals surface area contributed by atoms with Crippen LogP contribution in [0.5, 0.6) is 5.75 Å². The van der Waals surface area contributed by atoms with Crippen molar-refractivity contribution in [3.8, 4) is 5.75 Å². The number of nitrogens with zero attached hydrogens (tertiary/aromatic N) is 2. The number of rotatable bonds is 2. The SMILES string of the molecule is COc1cnn(OC)c(=O)c1. The van der Waals surface area contributed by atoms with Gasteiger partial charge in [0.25, 0.3) is 0 Å². The number of ether oxygens (including phenoxy) is 1. The van der Waals surface area contributed by atoms with E-state index in [4.69, 9.17) is 4.74 Å². The summed E-state index contributed by atoms with van der Waals surface area (Å²) in [6, 6.07) is 1.29. The van der Waals surface area contributed by atoms with E-state index in [0.717, 1.165) is 4.85 Å². The second-order valence-corrected chi connectivity index (χ2v) is 1.79. The summed E-state index contributed by atoms with van der Waals surface area (Å²) >= 11 is 0. The molecule has 1 aromatic heterocycles. The van der Waals surface area contributed by atoms with Crippen LogP contribution in [0.15, 0.2) is 17.1 Å². The highest BCUT2D eigenvalue weighted by molar-refractivity contribution is 5.12. The fourth-order valence-corrected chi connectivity index (χ4v) is 0.629. The largest absolute Gasteiger partial charge is 0.495 e. The molecule has 0 saturated carbocycles. The standard InChI is InChI=1S/C6H8N2O3/c1-10-5-3-6(9)8(11-2)7-4-5/h3-4H,1-2H3. The van der Waals surface area contributed by atoms with Gasteiger partial charge in [-0.25, -0.2) is 0 Å². The Bertz CT molecular complexity index is 294. The van der Waals surface area contributed by atoms with Gasteiger partial charge < -0.3 is 9.57 Å². The van der Waals surface area contributed by atoms with Gasteiger partial charge in [0.05, 0.1) is 19.4 Å². The first kappa shape index (κ1) is 7.59. The topological polar surface area (TPSA) is 53.4 Å². The summed E-state index contributed by atoms with van der Waals surface area (Å²) in [4.78, 5) is 16.4. The molecule has 1 heterocycles. The fraction of sp³-hybridized carbons (Fsp3) is 0.333. The Morgan fingerprint density at radius 3 is 2.73 bits per heavy atom. The molecule has 0 aliphatic heterocycles. The van der Waals surface area contributed by atoms with Gasteiger partial charge in [-0.1, -0.05) is 4.85 Å². The van der Waals surface area contributed by atoms with Crippen LogP contribution in [-0.2, 0) is 0 Å². The van der Waals surface area contributed by atoms with Crippen LogP contribution in [0, 0.1) is 0 Å². The molecule has 0 aliphatic rings. The van der Waals surface area contributed by atoms with E-state index < -0.39 is 0 Å². The summed E-state index contributed by atoms with van der Waals surface area (Å²) < 4.78 is 4.76. The molecular weight excluding hydrogens is 148 g/mol. The van der Waals surface area contributed by atoms with Crippen LogP contribution < -0.4 is 15.1 Å². The maximum Gasteiger partial charge on any atom is 0.306 e. The molecule has 0 fully saturated rings. The molecule has 0 spiro atoms. The lowest BCUT2D eigenvalue weighted by Crippen LogP contribution is -2.26. The summed E-state index contributed by atoms with van der Waals surface area (Å²) in [5.74, 6) is 0.420. The molecule has 0 N–H and O–H groups in total. The number of hydrogen-bond acceptors (Lipinski definition) is 4. The molecule has 60 valence electrons. The average molecular weight is 156 g/mol. The van der Waals surface area contributed by atoms with Gasteiger partial charge in [0.2, 0.25) is 0 Å². The Balaban J connectivity index is 3.10. The zero-order valence-electron chi connectivity index (χ0n) is 6.27. The maximum atomic E-state index is 10.9. The smallest absolute Gasteiger partial charge is 0.306 e. The van der Waals surface area contributed by atoms with Gasteiger partial charge in [-0.3, -0.25) is 4.79 Å². The Labute approximate surface area is 63.1 Å². The van der Waals surface area contributed by atoms with E-state index in [9.17, 15) is 4.79 Å². The van der Waals surface area contributed by atoms with Crippen molar-refractivity contribution >= 4 is 0 Å². The summed E-state index contributed by atoms with van der Waals surface area (Å²) in [6.45, 7) is 0. The fourth-order valence-electron chi connectivity index (χ4n) is 0.629. The van der Waals surface area contributed by atoms with Crippen LogP contribution in [0.1, 0.15) is 0 Å². The Hall–Kier alpha value is -1.52. The second-order valence-electron chi connectivity index (χ2n) is 1.79. The van der Waals surface area contributed by atoms with Gasteiger partial charge >= 0.3 is 5.56 Å². The van der Waals surface area contributed by atoms with E-state index in [0.29, 0.717) is 5.75 Å². The van der Waals surface area contributed by atoms with Crippen molar-refractivity contribution in [2.24, 2.45) is 0 Å². The lowest BCUT2D eigenvalue weighted by atomic mass is 10.5. The first-order chi connectivity index (χ1) is 5.27.